The third kappa shape index (κ3) is 6.76. The summed E-state index contributed by atoms with van der Waals surface area (Å²) in [6.07, 6.45) is 5.29. The Balaban J connectivity index is 0.000000186. The van der Waals surface area contributed by atoms with Crippen LogP contribution in [0.1, 0.15) is 11.1 Å². The SMILES string of the molecule is Cc1[c-]c(-c2ccccn2)cc(C)c1.[Ir].[c-]1ccc(-c2ccccc2)cc1-c1ncccn1. The maximum atomic E-state index is 4.30. The average molecular weight is 606 g/mol. The van der Waals surface area contributed by atoms with E-state index in [9.17, 15) is 0 Å². The first kappa shape index (κ1) is 24.2. The van der Waals surface area contributed by atoms with Crippen LogP contribution in [0.5, 0.6) is 0 Å². The van der Waals surface area contributed by atoms with Gasteiger partial charge in [-0.15, -0.1) is 70.3 Å². The Kier molecular flexibility index (Phi) is 8.77. The summed E-state index contributed by atoms with van der Waals surface area (Å²) in [6.45, 7) is 4.15. The molecule has 0 aliphatic rings. The van der Waals surface area contributed by atoms with Gasteiger partial charge in [0.15, 0.2) is 0 Å². The Hall–Kier alpha value is -3.46. The van der Waals surface area contributed by atoms with E-state index in [1.54, 1.807) is 18.6 Å². The van der Waals surface area contributed by atoms with E-state index in [1.165, 1.54) is 11.1 Å². The van der Waals surface area contributed by atoms with Gasteiger partial charge in [0, 0.05) is 38.7 Å². The quantitative estimate of drug-likeness (QED) is 0.213. The molecule has 4 heteroatoms. The van der Waals surface area contributed by atoms with Crippen LogP contribution in [-0.4, -0.2) is 15.0 Å². The number of benzene rings is 3. The van der Waals surface area contributed by atoms with Crippen molar-refractivity contribution in [2.24, 2.45) is 0 Å². The number of hydrogen-bond acceptors (Lipinski definition) is 3. The van der Waals surface area contributed by atoms with E-state index >= 15 is 0 Å². The minimum absolute atomic E-state index is 0. The van der Waals surface area contributed by atoms with Gasteiger partial charge >= 0.3 is 0 Å². The van der Waals surface area contributed by atoms with Gasteiger partial charge < -0.3 is 4.98 Å². The second kappa shape index (κ2) is 12.0. The van der Waals surface area contributed by atoms with Gasteiger partial charge in [-0.2, -0.15) is 0 Å². The summed E-state index contributed by atoms with van der Waals surface area (Å²) in [5.74, 6) is 0.704. The minimum atomic E-state index is 0. The summed E-state index contributed by atoms with van der Waals surface area (Å²) in [7, 11) is 0. The van der Waals surface area contributed by atoms with Gasteiger partial charge in [-0.1, -0.05) is 56.3 Å². The van der Waals surface area contributed by atoms with Crippen molar-refractivity contribution in [2.45, 2.75) is 13.8 Å². The number of pyridine rings is 1. The molecule has 0 atom stereocenters. The molecule has 0 saturated carbocycles. The number of aromatic nitrogens is 3. The first-order chi connectivity index (χ1) is 15.7. The normalized spacial score (nSPS) is 9.88. The molecule has 0 saturated heterocycles. The summed E-state index contributed by atoms with van der Waals surface area (Å²) < 4.78 is 0. The van der Waals surface area contributed by atoms with Gasteiger partial charge in [0.1, 0.15) is 0 Å². The molecule has 0 amide bonds. The Morgan fingerprint density at radius 3 is 2.06 bits per heavy atom. The van der Waals surface area contributed by atoms with Crippen LogP contribution in [0.2, 0.25) is 0 Å². The number of aryl methyl sites for hydroxylation is 2. The molecule has 165 valence electrons. The average Bonchev–Trinajstić information content (AvgIpc) is 2.86. The van der Waals surface area contributed by atoms with Gasteiger partial charge in [-0.25, -0.2) is 0 Å². The summed E-state index contributed by atoms with van der Waals surface area (Å²) in [6, 6.07) is 34.7. The molecule has 3 aromatic carbocycles. The van der Waals surface area contributed by atoms with Crippen molar-refractivity contribution >= 4 is 0 Å². The fraction of sp³-hybridized carbons (Fsp3) is 0.0690. The second-order valence-corrected chi connectivity index (χ2v) is 7.40. The first-order valence-electron chi connectivity index (χ1n) is 10.5. The van der Waals surface area contributed by atoms with Gasteiger partial charge in [0.05, 0.1) is 5.82 Å². The van der Waals surface area contributed by atoms with E-state index in [0.717, 1.165) is 27.9 Å². The van der Waals surface area contributed by atoms with Crippen molar-refractivity contribution in [3.63, 3.8) is 0 Å². The van der Waals surface area contributed by atoms with Crippen molar-refractivity contribution < 1.29 is 20.1 Å². The molecule has 5 rings (SSSR count). The van der Waals surface area contributed by atoms with Gasteiger partial charge in [0.25, 0.3) is 0 Å². The number of nitrogens with zero attached hydrogens (tertiary/aromatic N) is 3. The predicted octanol–water partition coefficient (Wildman–Crippen LogP) is 6.77. The van der Waals surface area contributed by atoms with E-state index in [-0.39, 0.29) is 20.1 Å². The van der Waals surface area contributed by atoms with Gasteiger partial charge in [0.2, 0.25) is 0 Å². The summed E-state index contributed by atoms with van der Waals surface area (Å²) in [5.41, 5.74) is 7.72. The van der Waals surface area contributed by atoms with E-state index in [2.05, 4.69) is 71.3 Å². The molecular weight excluding hydrogens is 583 g/mol. The van der Waals surface area contributed by atoms with Crippen LogP contribution in [-0.2, 0) is 20.1 Å². The van der Waals surface area contributed by atoms with E-state index in [4.69, 9.17) is 0 Å². The molecule has 0 N–H and O–H groups in total. The maximum absolute atomic E-state index is 4.30. The maximum Gasteiger partial charge on any atom is 0.0748 e. The summed E-state index contributed by atoms with van der Waals surface area (Å²) in [5, 5.41) is 0. The predicted molar refractivity (Wildman–Crippen MR) is 130 cm³/mol. The second-order valence-electron chi connectivity index (χ2n) is 7.40. The van der Waals surface area contributed by atoms with E-state index in [0.29, 0.717) is 5.82 Å². The zero-order valence-corrected chi connectivity index (χ0v) is 20.9. The van der Waals surface area contributed by atoms with Crippen LogP contribution in [0.4, 0.5) is 0 Å². The van der Waals surface area contributed by atoms with E-state index < -0.39 is 0 Å². The van der Waals surface area contributed by atoms with Crippen LogP contribution in [0, 0.1) is 26.0 Å². The zero-order valence-electron chi connectivity index (χ0n) is 18.5. The largest absolute Gasteiger partial charge is 0.305 e. The molecule has 0 spiro atoms. The van der Waals surface area contributed by atoms with Crippen LogP contribution >= 0.6 is 0 Å². The molecule has 2 aromatic heterocycles. The summed E-state index contributed by atoms with van der Waals surface area (Å²) >= 11 is 0. The van der Waals surface area contributed by atoms with E-state index in [1.807, 2.05) is 54.6 Å². The Morgan fingerprint density at radius 2 is 1.36 bits per heavy atom. The Bertz CT molecular complexity index is 1200. The van der Waals surface area contributed by atoms with Crippen molar-refractivity contribution in [1.82, 2.24) is 15.0 Å². The molecule has 0 aliphatic carbocycles. The molecule has 0 bridgehead atoms. The van der Waals surface area contributed by atoms with Gasteiger partial charge in [-0.05, 0) is 23.4 Å². The Labute approximate surface area is 209 Å². The van der Waals surface area contributed by atoms with Crippen molar-refractivity contribution in [3.05, 3.63) is 127 Å². The fourth-order valence-electron chi connectivity index (χ4n) is 3.40. The third-order valence-electron chi connectivity index (χ3n) is 4.80. The Morgan fingerprint density at radius 1 is 0.636 bits per heavy atom. The fourth-order valence-corrected chi connectivity index (χ4v) is 3.40. The van der Waals surface area contributed by atoms with Crippen molar-refractivity contribution in [1.29, 1.82) is 0 Å². The zero-order chi connectivity index (χ0) is 22.2. The molecule has 0 unspecified atom stereocenters. The smallest absolute Gasteiger partial charge is 0.0748 e. The minimum Gasteiger partial charge on any atom is -0.305 e. The first-order valence-corrected chi connectivity index (χ1v) is 10.5. The molecular formula is C29H23IrN3-2. The third-order valence-corrected chi connectivity index (χ3v) is 4.80. The van der Waals surface area contributed by atoms with Crippen LogP contribution < -0.4 is 0 Å². The standard InChI is InChI=1S/C16H11N2.C13H12N.Ir/c1-2-6-13(7-3-1)14-8-4-9-15(12-14)16-17-10-5-11-18-16;1-10-7-11(2)9-12(8-10)13-5-3-4-6-14-13;/h1-8,10-12H;3-8H,1-2H3;/q2*-1;. The summed E-state index contributed by atoms with van der Waals surface area (Å²) in [4.78, 5) is 12.8. The molecule has 33 heavy (non-hydrogen) atoms. The number of rotatable bonds is 3. The van der Waals surface area contributed by atoms with Crippen LogP contribution in [0.25, 0.3) is 33.8 Å². The van der Waals surface area contributed by atoms with Gasteiger partial charge in [-0.3, -0.25) is 9.97 Å². The molecule has 0 fully saturated rings. The number of hydrogen-bond donors (Lipinski definition) is 0. The van der Waals surface area contributed by atoms with Crippen LogP contribution in [0.3, 0.4) is 0 Å². The molecule has 2 heterocycles. The topological polar surface area (TPSA) is 38.7 Å². The molecule has 5 aromatic rings. The van der Waals surface area contributed by atoms with Crippen molar-refractivity contribution in [2.75, 3.05) is 0 Å². The molecule has 0 aliphatic heterocycles. The van der Waals surface area contributed by atoms with Crippen LogP contribution in [0.15, 0.2) is 104 Å². The molecule has 1 radical (unpaired) electrons. The monoisotopic (exact) mass is 606 g/mol. The molecule has 3 nitrogen and oxygen atoms in total. The van der Waals surface area contributed by atoms with Crippen molar-refractivity contribution in [3.8, 4) is 33.8 Å².